The van der Waals surface area contributed by atoms with E-state index < -0.39 is 16.0 Å². The Morgan fingerprint density at radius 3 is 2.61 bits per heavy atom. The van der Waals surface area contributed by atoms with Gasteiger partial charge in [-0.3, -0.25) is 0 Å². The molecule has 0 unspecified atom stereocenters. The van der Waals surface area contributed by atoms with Gasteiger partial charge >= 0.3 is 5.97 Å². The van der Waals surface area contributed by atoms with Crippen molar-refractivity contribution in [2.45, 2.75) is 18.4 Å². The summed E-state index contributed by atoms with van der Waals surface area (Å²) in [4.78, 5) is 11.6. The first-order valence-corrected chi connectivity index (χ1v) is 8.62. The van der Waals surface area contributed by atoms with E-state index >= 15 is 0 Å². The Hall–Kier alpha value is -1.89. The van der Waals surface area contributed by atoms with E-state index in [1.807, 2.05) is 0 Å². The summed E-state index contributed by atoms with van der Waals surface area (Å²) in [5, 5.41) is 0.533. The minimum absolute atomic E-state index is 0.0439. The predicted molar refractivity (Wildman–Crippen MR) is 88.0 cm³/mol. The highest BCUT2D eigenvalue weighted by Gasteiger charge is 2.19. The number of rotatable bonds is 5. The van der Waals surface area contributed by atoms with E-state index in [-0.39, 0.29) is 17.0 Å². The van der Waals surface area contributed by atoms with Crippen molar-refractivity contribution in [1.29, 1.82) is 0 Å². The molecule has 0 bridgehead atoms. The molecular formula is C16H16ClNO4S. The van der Waals surface area contributed by atoms with Gasteiger partial charge in [0.2, 0.25) is 10.0 Å². The Labute approximate surface area is 140 Å². The summed E-state index contributed by atoms with van der Waals surface area (Å²) >= 11 is 5.88. The fourth-order valence-electron chi connectivity index (χ4n) is 2.04. The van der Waals surface area contributed by atoms with Gasteiger partial charge in [-0.1, -0.05) is 29.8 Å². The average molecular weight is 354 g/mol. The van der Waals surface area contributed by atoms with Crippen molar-refractivity contribution < 1.29 is 17.9 Å². The lowest BCUT2D eigenvalue weighted by Crippen LogP contribution is -2.24. The molecule has 0 heterocycles. The molecule has 0 aliphatic rings. The fraction of sp³-hybridized carbons (Fsp3) is 0.188. The van der Waals surface area contributed by atoms with E-state index in [0.29, 0.717) is 10.6 Å². The standard InChI is InChI=1S/C16H16ClNO4S/c1-11-6-7-13(16(19)22-2)9-15(11)23(20,21)18-10-12-4-3-5-14(17)8-12/h3-9,18H,10H2,1-2H3. The largest absolute Gasteiger partial charge is 0.465 e. The molecule has 0 aliphatic heterocycles. The maximum atomic E-state index is 12.5. The van der Waals surface area contributed by atoms with Crippen LogP contribution in [0.4, 0.5) is 0 Å². The SMILES string of the molecule is COC(=O)c1ccc(C)c(S(=O)(=O)NCc2cccc(Cl)c2)c1. The van der Waals surface area contributed by atoms with E-state index in [1.165, 1.54) is 19.2 Å². The summed E-state index contributed by atoms with van der Waals surface area (Å²) in [5.41, 5.74) is 1.46. The minimum atomic E-state index is -3.77. The molecule has 7 heteroatoms. The highest BCUT2D eigenvalue weighted by Crippen LogP contribution is 2.18. The normalized spacial score (nSPS) is 11.3. The quantitative estimate of drug-likeness (QED) is 0.839. The molecule has 0 aromatic heterocycles. The third-order valence-corrected chi connectivity index (χ3v) is 5.03. The summed E-state index contributed by atoms with van der Waals surface area (Å²) in [6, 6.07) is 11.3. The Bertz CT molecular complexity index is 834. The maximum absolute atomic E-state index is 12.5. The zero-order valence-corrected chi connectivity index (χ0v) is 14.2. The topological polar surface area (TPSA) is 72.5 Å². The van der Waals surface area contributed by atoms with Gasteiger partial charge in [0.15, 0.2) is 0 Å². The molecule has 0 amide bonds. The van der Waals surface area contributed by atoms with Gasteiger partial charge in [0.05, 0.1) is 17.6 Å². The second-order valence-electron chi connectivity index (χ2n) is 4.93. The third-order valence-electron chi connectivity index (χ3n) is 3.25. The number of nitrogens with one attached hydrogen (secondary N) is 1. The number of carbonyl (C=O) groups excluding carboxylic acids is 1. The third kappa shape index (κ3) is 4.31. The van der Waals surface area contributed by atoms with Crippen molar-refractivity contribution in [2.24, 2.45) is 0 Å². The molecule has 2 aromatic rings. The second kappa shape index (κ2) is 7.12. The number of hydrogen-bond acceptors (Lipinski definition) is 4. The Balaban J connectivity index is 2.27. The van der Waals surface area contributed by atoms with Crippen LogP contribution < -0.4 is 4.72 Å². The first kappa shape index (κ1) is 17.5. The van der Waals surface area contributed by atoms with Gasteiger partial charge in [-0.25, -0.2) is 17.9 Å². The lowest BCUT2D eigenvalue weighted by molar-refractivity contribution is 0.0600. The minimum Gasteiger partial charge on any atom is -0.465 e. The van der Waals surface area contributed by atoms with Gasteiger partial charge in [0, 0.05) is 11.6 Å². The van der Waals surface area contributed by atoms with Gasteiger partial charge in [-0.05, 0) is 42.3 Å². The van der Waals surface area contributed by atoms with Crippen LogP contribution in [-0.2, 0) is 21.3 Å². The van der Waals surface area contributed by atoms with Crippen molar-refractivity contribution in [3.05, 3.63) is 64.2 Å². The molecule has 5 nitrogen and oxygen atoms in total. The van der Waals surface area contributed by atoms with Crippen LogP contribution in [-0.4, -0.2) is 21.5 Å². The maximum Gasteiger partial charge on any atom is 0.337 e. The Kier molecular flexibility index (Phi) is 5.41. The van der Waals surface area contributed by atoms with Crippen LogP contribution in [0.2, 0.25) is 5.02 Å². The summed E-state index contributed by atoms with van der Waals surface area (Å²) in [6.07, 6.45) is 0. The van der Waals surface area contributed by atoms with Crippen molar-refractivity contribution in [2.75, 3.05) is 7.11 Å². The molecule has 0 spiro atoms. The van der Waals surface area contributed by atoms with E-state index in [9.17, 15) is 13.2 Å². The molecule has 0 radical (unpaired) electrons. The number of sulfonamides is 1. The number of hydrogen-bond donors (Lipinski definition) is 1. The first-order chi connectivity index (χ1) is 10.8. The molecular weight excluding hydrogens is 338 g/mol. The van der Waals surface area contributed by atoms with E-state index in [4.69, 9.17) is 11.6 Å². The number of esters is 1. The zero-order valence-electron chi connectivity index (χ0n) is 12.7. The molecule has 0 saturated heterocycles. The summed E-state index contributed by atoms with van der Waals surface area (Å²) in [5.74, 6) is -0.587. The second-order valence-corrected chi connectivity index (χ2v) is 7.10. The lowest BCUT2D eigenvalue weighted by atomic mass is 10.1. The molecule has 0 aliphatic carbocycles. The molecule has 1 N–H and O–H groups in total. The Morgan fingerprint density at radius 1 is 1.22 bits per heavy atom. The van der Waals surface area contributed by atoms with Gasteiger partial charge in [-0.2, -0.15) is 0 Å². The van der Waals surface area contributed by atoms with Gasteiger partial charge in [0.25, 0.3) is 0 Å². The monoisotopic (exact) mass is 353 g/mol. The molecule has 2 aromatic carbocycles. The van der Waals surface area contributed by atoms with Crippen molar-refractivity contribution in [3.8, 4) is 0 Å². The lowest BCUT2D eigenvalue weighted by Gasteiger charge is -2.11. The molecule has 0 fully saturated rings. The van der Waals surface area contributed by atoms with E-state index in [1.54, 1.807) is 37.3 Å². The van der Waals surface area contributed by atoms with Crippen LogP contribution in [0.15, 0.2) is 47.4 Å². The highest BCUT2D eigenvalue weighted by molar-refractivity contribution is 7.89. The van der Waals surface area contributed by atoms with E-state index in [2.05, 4.69) is 9.46 Å². The van der Waals surface area contributed by atoms with Gasteiger partial charge < -0.3 is 4.74 Å². The fourth-order valence-corrected chi connectivity index (χ4v) is 3.54. The number of benzene rings is 2. The van der Waals surface area contributed by atoms with Crippen LogP contribution in [0.1, 0.15) is 21.5 Å². The highest BCUT2D eigenvalue weighted by atomic mass is 35.5. The van der Waals surface area contributed by atoms with Gasteiger partial charge in [0.1, 0.15) is 0 Å². The number of methoxy groups -OCH3 is 1. The number of ether oxygens (including phenoxy) is 1. The Morgan fingerprint density at radius 2 is 1.96 bits per heavy atom. The summed E-state index contributed by atoms with van der Waals surface area (Å²) in [6.45, 7) is 1.76. The summed E-state index contributed by atoms with van der Waals surface area (Å²) in [7, 11) is -2.52. The molecule has 23 heavy (non-hydrogen) atoms. The van der Waals surface area contributed by atoms with Crippen LogP contribution in [0.5, 0.6) is 0 Å². The number of aryl methyl sites for hydroxylation is 1. The van der Waals surface area contributed by atoms with Crippen molar-refractivity contribution in [1.82, 2.24) is 4.72 Å². The van der Waals surface area contributed by atoms with Crippen LogP contribution >= 0.6 is 11.6 Å². The molecule has 2 rings (SSSR count). The summed E-state index contributed by atoms with van der Waals surface area (Å²) < 4.78 is 32.1. The number of carbonyl (C=O) groups is 1. The van der Waals surface area contributed by atoms with Crippen LogP contribution in [0, 0.1) is 6.92 Å². The van der Waals surface area contributed by atoms with Crippen LogP contribution in [0.25, 0.3) is 0 Å². The molecule has 0 saturated carbocycles. The van der Waals surface area contributed by atoms with Crippen molar-refractivity contribution >= 4 is 27.6 Å². The molecule has 122 valence electrons. The van der Waals surface area contributed by atoms with Gasteiger partial charge in [-0.15, -0.1) is 0 Å². The smallest absolute Gasteiger partial charge is 0.337 e. The predicted octanol–water partition coefficient (Wildman–Crippen LogP) is 2.91. The van der Waals surface area contributed by atoms with E-state index in [0.717, 1.165) is 5.56 Å². The zero-order chi connectivity index (χ0) is 17.0. The van der Waals surface area contributed by atoms with Crippen molar-refractivity contribution in [3.63, 3.8) is 0 Å². The average Bonchev–Trinajstić information content (AvgIpc) is 2.52. The number of halogens is 1. The van der Waals surface area contributed by atoms with Crippen LogP contribution in [0.3, 0.4) is 0 Å². The first-order valence-electron chi connectivity index (χ1n) is 6.76. The molecule has 0 atom stereocenters.